The van der Waals surface area contributed by atoms with Gasteiger partial charge in [0.15, 0.2) is 0 Å². The number of fused-ring (bicyclic) bond motifs is 1. The van der Waals surface area contributed by atoms with Gasteiger partial charge >= 0.3 is 6.09 Å². The van der Waals surface area contributed by atoms with Crippen LogP contribution in [-0.4, -0.2) is 43.5 Å². The number of amides is 1. The second-order valence-electron chi connectivity index (χ2n) is 7.34. The van der Waals surface area contributed by atoms with Crippen molar-refractivity contribution in [3.8, 4) is 5.75 Å². The first kappa shape index (κ1) is 22.6. The largest absolute Gasteiger partial charge is 0.490 e. The van der Waals surface area contributed by atoms with Gasteiger partial charge in [-0.3, -0.25) is 0 Å². The molecule has 0 spiro atoms. The predicted octanol–water partition coefficient (Wildman–Crippen LogP) is 3.88. The molecule has 0 aliphatic rings. The zero-order chi connectivity index (χ0) is 21.7. The normalized spacial score (nSPS) is 11.8. The average molecular weight is 423 g/mol. The van der Waals surface area contributed by atoms with Crippen molar-refractivity contribution >= 4 is 16.9 Å². The number of carbonyl (C=O) groups excluding carboxylic acids is 1. The van der Waals surface area contributed by atoms with E-state index in [2.05, 4.69) is 10.6 Å². The van der Waals surface area contributed by atoms with Crippen LogP contribution in [0.2, 0.25) is 0 Å². The number of hydrogen-bond donors (Lipinski definition) is 3. The minimum Gasteiger partial charge on any atom is -0.490 e. The van der Waals surface area contributed by atoms with Gasteiger partial charge in [-0.2, -0.15) is 0 Å². The number of aliphatic hydroxyl groups excluding tert-OH is 1. The summed E-state index contributed by atoms with van der Waals surface area (Å²) in [6.07, 6.45) is 0.717. The molecule has 0 bridgehead atoms. The van der Waals surface area contributed by atoms with Crippen LogP contribution in [0.1, 0.15) is 18.4 Å². The second kappa shape index (κ2) is 12.6. The summed E-state index contributed by atoms with van der Waals surface area (Å²) in [5.74, 6) is 0.780. The summed E-state index contributed by atoms with van der Waals surface area (Å²) in [5.41, 5.74) is 0.963. The summed E-state index contributed by atoms with van der Waals surface area (Å²) in [7, 11) is 0. The number of nitrogens with one attached hydrogen (secondary N) is 2. The molecule has 0 saturated heterocycles. The van der Waals surface area contributed by atoms with Gasteiger partial charge in [0.1, 0.15) is 25.1 Å². The Hall–Kier alpha value is -3.09. The quantitative estimate of drug-likeness (QED) is 0.386. The van der Waals surface area contributed by atoms with Crippen molar-refractivity contribution in [3.05, 3.63) is 78.4 Å². The molecule has 0 aliphatic heterocycles. The van der Waals surface area contributed by atoms with Crippen molar-refractivity contribution in [2.75, 3.05) is 26.2 Å². The van der Waals surface area contributed by atoms with E-state index in [0.29, 0.717) is 13.1 Å². The number of ether oxygens (including phenoxy) is 2. The monoisotopic (exact) mass is 422 g/mol. The number of hydrogen-bond acceptors (Lipinski definition) is 5. The van der Waals surface area contributed by atoms with Gasteiger partial charge in [0, 0.05) is 18.5 Å². The SMILES string of the molecule is O=C(NCCCCNCC(O)COc1cccc2ccccc12)OCc1ccccc1. The summed E-state index contributed by atoms with van der Waals surface area (Å²) in [4.78, 5) is 11.7. The van der Waals surface area contributed by atoms with Gasteiger partial charge in [-0.05, 0) is 36.4 Å². The van der Waals surface area contributed by atoms with Crippen LogP contribution in [0.15, 0.2) is 72.8 Å². The summed E-state index contributed by atoms with van der Waals surface area (Å²) >= 11 is 0. The molecule has 0 saturated carbocycles. The van der Waals surface area contributed by atoms with E-state index >= 15 is 0 Å². The number of alkyl carbamates (subject to hydrolysis) is 1. The Labute approximate surface area is 183 Å². The average Bonchev–Trinajstić information content (AvgIpc) is 2.81. The highest BCUT2D eigenvalue weighted by Gasteiger charge is 2.07. The number of rotatable bonds is 12. The van der Waals surface area contributed by atoms with Gasteiger partial charge < -0.3 is 25.2 Å². The van der Waals surface area contributed by atoms with Crippen LogP contribution in [0.25, 0.3) is 10.8 Å². The number of aliphatic hydroxyl groups is 1. The van der Waals surface area contributed by atoms with E-state index in [0.717, 1.165) is 41.5 Å². The molecule has 164 valence electrons. The molecule has 0 aliphatic carbocycles. The van der Waals surface area contributed by atoms with Crippen molar-refractivity contribution in [3.63, 3.8) is 0 Å². The van der Waals surface area contributed by atoms with Crippen molar-refractivity contribution in [1.29, 1.82) is 0 Å². The van der Waals surface area contributed by atoms with E-state index in [4.69, 9.17) is 9.47 Å². The fraction of sp³-hybridized carbons (Fsp3) is 0.320. The topological polar surface area (TPSA) is 79.8 Å². The van der Waals surface area contributed by atoms with Gasteiger partial charge in [0.05, 0.1) is 0 Å². The lowest BCUT2D eigenvalue weighted by atomic mass is 10.1. The Morgan fingerprint density at radius 3 is 2.52 bits per heavy atom. The maximum Gasteiger partial charge on any atom is 0.407 e. The van der Waals surface area contributed by atoms with E-state index in [1.807, 2.05) is 72.8 Å². The standard InChI is InChI=1S/C25H30N2O4/c28-22(19-30-24-14-8-12-21-11-4-5-13-23(21)24)17-26-15-6-7-16-27-25(29)31-18-20-9-2-1-3-10-20/h1-5,8-14,22,26,28H,6-7,15-19H2,(H,27,29). The lowest BCUT2D eigenvalue weighted by Gasteiger charge is -2.14. The summed E-state index contributed by atoms with van der Waals surface area (Å²) < 4.78 is 11.0. The fourth-order valence-electron chi connectivity index (χ4n) is 3.17. The highest BCUT2D eigenvalue weighted by molar-refractivity contribution is 5.88. The summed E-state index contributed by atoms with van der Waals surface area (Å²) in [5, 5.41) is 18.3. The highest BCUT2D eigenvalue weighted by Crippen LogP contribution is 2.25. The third kappa shape index (κ3) is 7.92. The molecule has 0 heterocycles. The molecule has 1 unspecified atom stereocenters. The zero-order valence-corrected chi connectivity index (χ0v) is 17.6. The Kier molecular flexibility index (Phi) is 9.16. The molecule has 6 heteroatoms. The predicted molar refractivity (Wildman–Crippen MR) is 122 cm³/mol. The van der Waals surface area contributed by atoms with Crippen LogP contribution in [0.3, 0.4) is 0 Å². The molecule has 0 fully saturated rings. The molecule has 1 atom stereocenters. The lowest BCUT2D eigenvalue weighted by molar-refractivity contribution is 0.107. The van der Waals surface area contributed by atoms with E-state index in [-0.39, 0.29) is 13.2 Å². The number of benzene rings is 3. The Morgan fingerprint density at radius 1 is 0.903 bits per heavy atom. The Bertz CT molecular complexity index is 928. The van der Waals surface area contributed by atoms with Crippen molar-refractivity contribution in [2.45, 2.75) is 25.6 Å². The van der Waals surface area contributed by atoms with Crippen molar-refractivity contribution in [2.24, 2.45) is 0 Å². The van der Waals surface area contributed by atoms with Gasteiger partial charge in [-0.1, -0.05) is 66.7 Å². The number of carbonyl (C=O) groups is 1. The molecule has 0 aromatic heterocycles. The zero-order valence-electron chi connectivity index (χ0n) is 17.6. The van der Waals surface area contributed by atoms with Gasteiger partial charge in [0.2, 0.25) is 0 Å². The first-order valence-corrected chi connectivity index (χ1v) is 10.7. The summed E-state index contributed by atoms with van der Waals surface area (Å²) in [6.45, 7) is 2.27. The Morgan fingerprint density at radius 2 is 1.65 bits per heavy atom. The molecule has 3 aromatic carbocycles. The minimum atomic E-state index is -0.593. The molecular formula is C25H30N2O4. The van der Waals surface area contributed by atoms with Crippen LogP contribution < -0.4 is 15.4 Å². The van der Waals surface area contributed by atoms with Crippen molar-refractivity contribution in [1.82, 2.24) is 10.6 Å². The van der Waals surface area contributed by atoms with E-state index < -0.39 is 12.2 Å². The second-order valence-corrected chi connectivity index (χ2v) is 7.34. The smallest absolute Gasteiger partial charge is 0.407 e. The first-order valence-electron chi connectivity index (χ1n) is 10.7. The third-order valence-electron chi connectivity index (χ3n) is 4.82. The molecule has 3 aromatic rings. The number of unbranched alkanes of at least 4 members (excludes halogenated alkanes) is 1. The highest BCUT2D eigenvalue weighted by atomic mass is 16.5. The molecule has 0 radical (unpaired) electrons. The molecule has 31 heavy (non-hydrogen) atoms. The van der Waals surface area contributed by atoms with E-state index in [9.17, 15) is 9.90 Å². The van der Waals surface area contributed by atoms with Crippen LogP contribution >= 0.6 is 0 Å². The maximum atomic E-state index is 11.7. The minimum absolute atomic E-state index is 0.232. The Balaban J connectivity index is 1.21. The van der Waals surface area contributed by atoms with Crippen LogP contribution in [0.5, 0.6) is 5.75 Å². The van der Waals surface area contributed by atoms with E-state index in [1.165, 1.54) is 0 Å². The third-order valence-corrected chi connectivity index (χ3v) is 4.82. The fourth-order valence-corrected chi connectivity index (χ4v) is 3.17. The van der Waals surface area contributed by atoms with Crippen LogP contribution in [0, 0.1) is 0 Å². The molecule has 6 nitrogen and oxygen atoms in total. The van der Waals surface area contributed by atoms with E-state index in [1.54, 1.807) is 0 Å². The van der Waals surface area contributed by atoms with Crippen LogP contribution in [0.4, 0.5) is 4.79 Å². The molecular weight excluding hydrogens is 392 g/mol. The van der Waals surface area contributed by atoms with Crippen LogP contribution in [-0.2, 0) is 11.3 Å². The van der Waals surface area contributed by atoms with Gasteiger partial charge in [-0.15, -0.1) is 0 Å². The van der Waals surface area contributed by atoms with Gasteiger partial charge in [0.25, 0.3) is 0 Å². The lowest BCUT2D eigenvalue weighted by Crippen LogP contribution is -2.32. The molecule has 1 amide bonds. The van der Waals surface area contributed by atoms with Gasteiger partial charge in [-0.25, -0.2) is 4.79 Å². The molecule has 3 N–H and O–H groups in total. The first-order chi connectivity index (χ1) is 15.2. The van der Waals surface area contributed by atoms with Crippen molar-refractivity contribution < 1.29 is 19.4 Å². The summed E-state index contributed by atoms with van der Waals surface area (Å²) in [6, 6.07) is 23.5. The molecule has 3 rings (SSSR count). The maximum absolute atomic E-state index is 11.7.